The van der Waals surface area contributed by atoms with Crippen LogP contribution in [-0.2, 0) is 0 Å². The lowest BCUT2D eigenvalue weighted by molar-refractivity contribution is 0.394. The standard InChI is InChI=1S/C12H20N4/c1-3-10-5-8-16(9-6-10)11-4-7-14-12(13-2)15-11/h4,7,10H,3,5-6,8-9H2,1-2H3,(H,13,14,15). The summed E-state index contributed by atoms with van der Waals surface area (Å²) in [6, 6.07) is 1.99. The maximum absolute atomic E-state index is 4.47. The molecule has 2 heterocycles. The van der Waals surface area contributed by atoms with E-state index >= 15 is 0 Å². The van der Waals surface area contributed by atoms with E-state index in [4.69, 9.17) is 0 Å². The van der Waals surface area contributed by atoms with Crippen molar-refractivity contribution in [3.8, 4) is 0 Å². The highest BCUT2D eigenvalue weighted by atomic mass is 15.2. The topological polar surface area (TPSA) is 41.1 Å². The zero-order chi connectivity index (χ0) is 11.4. The van der Waals surface area contributed by atoms with Crippen molar-refractivity contribution in [1.29, 1.82) is 0 Å². The van der Waals surface area contributed by atoms with Crippen LogP contribution in [0.15, 0.2) is 12.3 Å². The highest BCUT2D eigenvalue weighted by molar-refractivity contribution is 5.42. The van der Waals surface area contributed by atoms with Gasteiger partial charge in [0.25, 0.3) is 0 Å². The predicted molar refractivity (Wildman–Crippen MR) is 66.8 cm³/mol. The molecule has 4 nitrogen and oxygen atoms in total. The van der Waals surface area contributed by atoms with E-state index in [1.54, 1.807) is 0 Å². The molecule has 1 fully saturated rings. The summed E-state index contributed by atoms with van der Waals surface area (Å²) in [4.78, 5) is 11.0. The molecule has 0 bridgehead atoms. The average Bonchev–Trinajstić information content (AvgIpc) is 2.39. The van der Waals surface area contributed by atoms with Crippen LogP contribution in [0.3, 0.4) is 0 Å². The van der Waals surface area contributed by atoms with Crippen LogP contribution in [0.5, 0.6) is 0 Å². The molecule has 2 rings (SSSR count). The van der Waals surface area contributed by atoms with E-state index in [1.165, 1.54) is 19.3 Å². The lowest BCUT2D eigenvalue weighted by Crippen LogP contribution is -2.34. The zero-order valence-corrected chi connectivity index (χ0v) is 10.1. The zero-order valence-electron chi connectivity index (χ0n) is 10.1. The molecular weight excluding hydrogens is 200 g/mol. The molecule has 16 heavy (non-hydrogen) atoms. The number of piperidine rings is 1. The molecule has 1 aliphatic heterocycles. The summed E-state index contributed by atoms with van der Waals surface area (Å²) in [6.07, 6.45) is 5.70. The number of rotatable bonds is 3. The van der Waals surface area contributed by atoms with E-state index in [0.717, 1.165) is 24.8 Å². The SMILES string of the molecule is CCC1CCN(c2ccnc(NC)n2)CC1. The molecule has 0 spiro atoms. The second kappa shape index (κ2) is 5.14. The predicted octanol–water partition coefficient (Wildman–Crippen LogP) is 2.14. The van der Waals surface area contributed by atoms with Crippen LogP contribution in [0.25, 0.3) is 0 Å². The van der Waals surface area contributed by atoms with Crippen LogP contribution in [0.1, 0.15) is 26.2 Å². The Kier molecular flexibility index (Phi) is 3.59. The third-order valence-electron chi connectivity index (χ3n) is 3.38. The largest absolute Gasteiger partial charge is 0.357 e. The van der Waals surface area contributed by atoms with E-state index in [2.05, 4.69) is 27.1 Å². The quantitative estimate of drug-likeness (QED) is 0.847. The minimum absolute atomic E-state index is 0.704. The number of aromatic nitrogens is 2. The van der Waals surface area contributed by atoms with Crippen molar-refractivity contribution in [1.82, 2.24) is 9.97 Å². The number of anilines is 2. The van der Waals surface area contributed by atoms with Gasteiger partial charge in [-0.3, -0.25) is 0 Å². The molecule has 1 N–H and O–H groups in total. The van der Waals surface area contributed by atoms with Crippen molar-refractivity contribution in [2.45, 2.75) is 26.2 Å². The molecule has 1 saturated heterocycles. The number of hydrogen-bond donors (Lipinski definition) is 1. The average molecular weight is 220 g/mol. The number of nitrogens with one attached hydrogen (secondary N) is 1. The molecule has 1 aliphatic rings. The minimum atomic E-state index is 0.704. The fourth-order valence-electron chi connectivity index (χ4n) is 2.22. The van der Waals surface area contributed by atoms with Crippen molar-refractivity contribution in [3.05, 3.63) is 12.3 Å². The van der Waals surface area contributed by atoms with Crippen molar-refractivity contribution < 1.29 is 0 Å². The Hall–Kier alpha value is -1.32. The van der Waals surface area contributed by atoms with E-state index < -0.39 is 0 Å². The Bertz CT molecular complexity index is 332. The van der Waals surface area contributed by atoms with Gasteiger partial charge in [-0.25, -0.2) is 4.98 Å². The summed E-state index contributed by atoms with van der Waals surface area (Å²) in [7, 11) is 1.85. The van der Waals surface area contributed by atoms with Crippen LogP contribution in [0, 0.1) is 5.92 Å². The van der Waals surface area contributed by atoms with E-state index in [0.29, 0.717) is 5.95 Å². The molecule has 0 radical (unpaired) electrons. The van der Waals surface area contributed by atoms with Crippen molar-refractivity contribution in [3.63, 3.8) is 0 Å². The first-order valence-electron chi connectivity index (χ1n) is 6.09. The molecular formula is C12H20N4. The van der Waals surface area contributed by atoms with Gasteiger partial charge in [0.1, 0.15) is 5.82 Å². The summed E-state index contributed by atoms with van der Waals surface area (Å²) in [5.74, 6) is 2.66. The molecule has 0 aliphatic carbocycles. The molecule has 1 aromatic heterocycles. The van der Waals surface area contributed by atoms with Crippen LogP contribution in [0.4, 0.5) is 11.8 Å². The lowest BCUT2D eigenvalue weighted by Gasteiger charge is -2.32. The van der Waals surface area contributed by atoms with Gasteiger partial charge in [-0.15, -0.1) is 0 Å². The van der Waals surface area contributed by atoms with E-state index in [1.807, 2.05) is 19.3 Å². The fraction of sp³-hybridized carbons (Fsp3) is 0.667. The third kappa shape index (κ3) is 2.43. The third-order valence-corrected chi connectivity index (χ3v) is 3.38. The van der Waals surface area contributed by atoms with Gasteiger partial charge in [0.15, 0.2) is 0 Å². The van der Waals surface area contributed by atoms with Gasteiger partial charge in [-0.05, 0) is 24.8 Å². The Morgan fingerprint density at radius 2 is 2.19 bits per heavy atom. The smallest absolute Gasteiger partial charge is 0.224 e. The molecule has 4 heteroatoms. The van der Waals surface area contributed by atoms with Gasteiger partial charge in [-0.1, -0.05) is 13.3 Å². The normalized spacial score (nSPS) is 17.5. The molecule has 88 valence electrons. The molecule has 1 aromatic rings. The molecule has 0 unspecified atom stereocenters. The number of hydrogen-bond acceptors (Lipinski definition) is 4. The summed E-state index contributed by atoms with van der Waals surface area (Å²) < 4.78 is 0. The Labute approximate surface area is 97.1 Å². The second-order valence-corrected chi connectivity index (χ2v) is 4.33. The lowest BCUT2D eigenvalue weighted by atomic mass is 9.94. The highest BCUT2D eigenvalue weighted by Crippen LogP contribution is 2.23. The van der Waals surface area contributed by atoms with Crippen molar-refractivity contribution >= 4 is 11.8 Å². The van der Waals surface area contributed by atoms with E-state index in [9.17, 15) is 0 Å². The van der Waals surface area contributed by atoms with Gasteiger partial charge >= 0.3 is 0 Å². The summed E-state index contributed by atoms with van der Waals surface area (Å²) in [6.45, 7) is 4.53. The first-order valence-corrected chi connectivity index (χ1v) is 6.09. The van der Waals surface area contributed by atoms with Gasteiger partial charge in [0, 0.05) is 26.3 Å². The number of nitrogens with zero attached hydrogens (tertiary/aromatic N) is 3. The van der Waals surface area contributed by atoms with Gasteiger partial charge in [0.05, 0.1) is 0 Å². The van der Waals surface area contributed by atoms with Gasteiger partial charge in [0.2, 0.25) is 5.95 Å². The fourth-order valence-corrected chi connectivity index (χ4v) is 2.22. The summed E-state index contributed by atoms with van der Waals surface area (Å²) >= 11 is 0. The van der Waals surface area contributed by atoms with Crippen molar-refractivity contribution in [2.24, 2.45) is 5.92 Å². The van der Waals surface area contributed by atoms with Gasteiger partial charge < -0.3 is 10.2 Å². The Morgan fingerprint density at radius 3 is 2.81 bits per heavy atom. The maximum atomic E-state index is 4.47. The maximum Gasteiger partial charge on any atom is 0.224 e. The molecule has 0 amide bonds. The first-order chi connectivity index (χ1) is 7.83. The van der Waals surface area contributed by atoms with E-state index in [-0.39, 0.29) is 0 Å². The van der Waals surface area contributed by atoms with Crippen molar-refractivity contribution in [2.75, 3.05) is 30.4 Å². The first kappa shape index (κ1) is 11.2. The minimum Gasteiger partial charge on any atom is -0.357 e. The summed E-state index contributed by atoms with van der Waals surface area (Å²) in [5, 5.41) is 2.98. The Morgan fingerprint density at radius 1 is 1.44 bits per heavy atom. The van der Waals surface area contributed by atoms with Crippen LogP contribution in [-0.4, -0.2) is 30.1 Å². The van der Waals surface area contributed by atoms with Crippen LogP contribution in [0.2, 0.25) is 0 Å². The van der Waals surface area contributed by atoms with Gasteiger partial charge in [-0.2, -0.15) is 4.98 Å². The Balaban J connectivity index is 2.02. The molecule has 0 aromatic carbocycles. The van der Waals surface area contributed by atoms with Crippen LogP contribution >= 0.6 is 0 Å². The highest BCUT2D eigenvalue weighted by Gasteiger charge is 2.18. The molecule has 0 saturated carbocycles. The monoisotopic (exact) mass is 220 g/mol. The molecule has 0 atom stereocenters. The van der Waals surface area contributed by atoms with Crippen LogP contribution < -0.4 is 10.2 Å². The summed E-state index contributed by atoms with van der Waals surface area (Å²) in [5.41, 5.74) is 0. The second-order valence-electron chi connectivity index (χ2n) is 4.33.